The van der Waals surface area contributed by atoms with E-state index in [-0.39, 0.29) is 17.8 Å². The van der Waals surface area contributed by atoms with Gasteiger partial charge in [0.2, 0.25) is 5.91 Å². The number of furan rings is 1. The van der Waals surface area contributed by atoms with Gasteiger partial charge < -0.3 is 15.1 Å². The SMILES string of the molecule is C[C@@H](CCc1ccco1)NC(=O)CCc1nnc2ccc(NCc3ccc(F)cc3)nn12. The summed E-state index contributed by atoms with van der Waals surface area (Å²) in [5.41, 5.74) is 1.55. The topological polar surface area (TPSA) is 97.4 Å². The van der Waals surface area contributed by atoms with Crippen LogP contribution >= 0.6 is 0 Å². The molecule has 0 aliphatic heterocycles. The van der Waals surface area contributed by atoms with Crippen LogP contribution in [0.3, 0.4) is 0 Å². The van der Waals surface area contributed by atoms with Crippen molar-refractivity contribution in [1.82, 2.24) is 25.1 Å². The van der Waals surface area contributed by atoms with Crippen molar-refractivity contribution in [2.45, 2.75) is 45.2 Å². The molecule has 3 heterocycles. The summed E-state index contributed by atoms with van der Waals surface area (Å²) in [5, 5.41) is 19.0. The normalized spacial score (nSPS) is 12.1. The summed E-state index contributed by atoms with van der Waals surface area (Å²) in [6.45, 7) is 2.49. The van der Waals surface area contributed by atoms with Crippen LogP contribution in [0.4, 0.5) is 10.2 Å². The highest BCUT2D eigenvalue weighted by Crippen LogP contribution is 2.11. The van der Waals surface area contributed by atoms with Gasteiger partial charge in [0, 0.05) is 31.8 Å². The third-order valence-electron chi connectivity index (χ3n) is 5.10. The van der Waals surface area contributed by atoms with Gasteiger partial charge in [-0.05, 0) is 55.3 Å². The number of fused-ring (bicyclic) bond motifs is 1. The zero-order valence-corrected chi connectivity index (χ0v) is 17.8. The molecule has 0 radical (unpaired) electrons. The molecule has 0 fully saturated rings. The molecule has 4 rings (SSSR count). The maximum Gasteiger partial charge on any atom is 0.220 e. The Kier molecular flexibility index (Phi) is 6.74. The second-order valence-electron chi connectivity index (χ2n) is 7.67. The van der Waals surface area contributed by atoms with Gasteiger partial charge in [0.05, 0.1) is 6.26 Å². The van der Waals surface area contributed by atoms with E-state index in [1.165, 1.54) is 12.1 Å². The molecule has 32 heavy (non-hydrogen) atoms. The van der Waals surface area contributed by atoms with Crippen molar-refractivity contribution >= 4 is 17.4 Å². The number of carbonyl (C=O) groups is 1. The quantitative estimate of drug-likeness (QED) is 0.395. The van der Waals surface area contributed by atoms with E-state index in [1.54, 1.807) is 22.9 Å². The molecule has 0 spiro atoms. The smallest absolute Gasteiger partial charge is 0.220 e. The fourth-order valence-corrected chi connectivity index (χ4v) is 3.34. The highest BCUT2D eigenvalue weighted by atomic mass is 19.1. The first kappa shape index (κ1) is 21.5. The number of nitrogens with zero attached hydrogens (tertiary/aromatic N) is 4. The van der Waals surface area contributed by atoms with E-state index in [2.05, 4.69) is 25.9 Å². The summed E-state index contributed by atoms with van der Waals surface area (Å²) in [6.07, 6.45) is 3.95. The van der Waals surface area contributed by atoms with Gasteiger partial charge in [-0.2, -0.15) is 4.52 Å². The van der Waals surface area contributed by atoms with E-state index in [0.717, 1.165) is 24.2 Å². The lowest BCUT2D eigenvalue weighted by Crippen LogP contribution is -2.33. The number of nitrogens with one attached hydrogen (secondary N) is 2. The largest absolute Gasteiger partial charge is 0.469 e. The van der Waals surface area contributed by atoms with Crippen LogP contribution < -0.4 is 10.6 Å². The number of rotatable bonds is 10. The van der Waals surface area contributed by atoms with Crippen molar-refractivity contribution < 1.29 is 13.6 Å². The monoisotopic (exact) mass is 436 g/mol. The number of aryl methyl sites for hydroxylation is 2. The second kappa shape index (κ2) is 10.0. The van der Waals surface area contributed by atoms with Crippen LogP contribution in [0.1, 0.15) is 36.9 Å². The van der Waals surface area contributed by atoms with Crippen molar-refractivity contribution in [2.24, 2.45) is 0 Å². The predicted molar refractivity (Wildman–Crippen MR) is 117 cm³/mol. The third kappa shape index (κ3) is 5.69. The number of anilines is 1. The van der Waals surface area contributed by atoms with Crippen LogP contribution in [0.5, 0.6) is 0 Å². The lowest BCUT2D eigenvalue weighted by Gasteiger charge is -2.13. The van der Waals surface area contributed by atoms with Crippen LogP contribution in [0.25, 0.3) is 5.65 Å². The van der Waals surface area contributed by atoms with Crippen LogP contribution in [-0.2, 0) is 24.2 Å². The van der Waals surface area contributed by atoms with Crippen LogP contribution in [-0.4, -0.2) is 31.8 Å². The molecule has 1 amide bonds. The lowest BCUT2D eigenvalue weighted by atomic mass is 10.1. The first-order chi connectivity index (χ1) is 15.6. The Morgan fingerprint density at radius 1 is 1.12 bits per heavy atom. The Morgan fingerprint density at radius 2 is 1.97 bits per heavy atom. The van der Waals surface area contributed by atoms with E-state index >= 15 is 0 Å². The van der Waals surface area contributed by atoms with E-state index < -0.39 is 0 Å². The fraction of sp³-hybridized carbons (Fsp3) is 0.304. The fourth-order valence-electron chi connectivity index (χ4n) is 3.34. The number of benzene rings is 1. The minimum Gasteiger partial charge on any atom is -0.469 e. The summed E-state index contributed by atoms with van der Waals surface area (Å²) in [5.74, 6) is 1.86. The van der Waals surface area contributed by atoms with Crippen molar-refractivity contribution in [3.05, 3.63) is 77.8 Å². The molecule has 1 aromatic carbocycles. The second-order valence-corrected chi connectivity index (χ2v) is 7.67. The Bertz CT molecular complexity index is 1160. The summed E-state index contributed by atoms with van der Waals surface area (Å²) < 4.78 is 20.0. The van der Waals surface area contributed by atoms with Crippen molar-refractivity contribution in [3.8, 4) is 0 Å². The minimum atomic E-state index is -0.265. The van der Waals surface area contributed by atoms with Crippen molar-refractivity contribution in [2.75, 3.05) is 5.32 Å². The van der Waals surface area contributed by atoms with Gasteiger partial charge in [0.15, 0.2) is 11.5 Å². The van der Waals surface area contributed by atoms with E-state index in [9.17, 15) is 9.18 Å². The minimum absolute atomic E-state index is 0.0423. The van der Waals surface area contributed by atoms with E-state index in [0.29, 0.717) is 36.7 Å². The highest BCUT2D eigenvalue weighted by Gasteiger charge is 2.12. The van der Waals surface area contributed by atoms with Crippen LogP contribution in [0.15, 0.2) is 59.2 Å². The number of hydrogen-bond acceptors (Lipinski definition) is 6. The summed E-state index contributed by atoms with van der Waals surface area (Å²) in [6, 6.07) is 13.8. The summed E-state index contributed by atoms with van der Waals surface area (Å²) >= 11 is 0. The first-order valence-electron chi connectivity index (χ1n) is 10.6. The van der Waals surface area contributed by atoms with Crippen LogP contribution in [0, 0.1) is 5.82 Å². The zero-order valence-electron chi connectivity index (χ0n) is 17.8. The predicted octanol–water partition coefficient (Wildman–Crippen LogP) is 3.54. The zero-order chi connectivity index (χ0) is 22.3. The molecule has 0 aliphatic rings. The van der Waals surface area contributed by atoms with Gasteiger partial charge in [-0.25, -0.2) is 4.39 Å². The van der Waals surface area contributed by atoms with E-state index in [4.69, 9.17) is 4.42 Å². The molecule has 0 unspecified atom stereocenters. The number of carbonyl (C=O) groups excluding carboxylic acids is 1. The standard InChI is InChI=1S/C23H25FN6O2/c1-16(4-9-19-3-2-14-32-19)26-23(31)13-12-22-28-27-21-11-10-20(29-30(21)22)25-15-17-5-7-18(24)8-6-17/h2-3,5-8,10-11,14,16H,4,9,12-13,15H2,1H3,(H,25,29)(H,26,31)/t16-/m0/s1. The summed E-state index contributed by atoms with van der Waals surface area (Å²) in [4.78, 5) is 12.3. The maximum atomic E-state index is 13.0. The Morgan fingerprint density at radius 3 is 2.75 bits per heavy atom. The van der Waals surface area contributed by atoms with Crippen LogP contribution in [0.2, 0.25) is 0 Å². The molecular weight excluding hydrogens is 411 g/mol. The van der Waals surface area contributed by atoms with Gasteiger partial charge in [0.25, 0.3) is 0 Å². The van der Waals surface area contributed by atoms with Crippen molar-refractivity contribution in [3.63, 3.8) is 0 Å². The van der Waals surface area contributed by atoms with Gasteiger partial charge in [-0.3, -0.25) is 4.79 Å². The molecule has 1 atom stereocenters. The molecule has 2 N–H and O–H groups in total. The van der Waals surface area contributed by atoms with Gasteiger partial charge in [-0.1, -0.05) is 12.1 Å². The summed E-state index contributed by atoms with van der Waals surface area (Å²) in [7, 11) is 0. The Hall–Kier alpha value is -3.75. The number of amides is 1. The molecule has 0 aliphatic carbocycles. The number of halogens is 1. The first-order valence-corrected chi connectivity index (χ1v) is 10.6. The molecule has 3 aromatic heterocycles. The number of hydrogen-bond donors (Lipinski definition) is 2. The van der Waals surface area contributed by atoms with Gasteiger partial charge >= 0.3 is 0 Å². The average molecular weight is 436 g/mol. The molecule has 0 saturated heterocycles. The van der Waals surface area contributed by atoms with Crippen molar-refractivity contribution in [1.29, 1.82) is 0 Å². The average Bonchev–Trinajstić information content (AvgIpc) is 3.45. The van der Waals surface area contributed by atoms with Gasteiger partial charge in [-0.15, -0.1) is 15.3 Å². The maximum absolute atomic E-state index is 13.0. The van der Waals surface area contributed by atoms with Gasteiger partial charge in [0.1, 0.15) is 17.4 Å². The van der Waals surface area contributed by atoms with E-state index in [1.807, 2.05) is 31.2 Å². The Labute approximate surface area is 184 Å². The number of aromatic nitrogens is 4. The molecule has 4 aromatic rings. The molecule has 8 nitrogen and oxygen atoms in total. The molecule has 0 bridgehead atoms. The lowest BCUT2D eigenvalue weighted by molar-refractivity contribution is -0.121. The molecular formula is C23H25FN6O2. The highest BCUT2D eigenvalue weighted by molar-refractivity contribution is 5.76. The molecule has 166 valence electrons. The molecule has 9 heteroatoms. The third-order valence-corrected chi connectivity index (χ3v) is 5.10. The molecule has 0 saturated carbocycles. The Balaban J connectivity index is 1.30.